The maximum Gasteiger partial charge on any atom is 0.256 e. The molecule has 10 unspecified atom stereocenters. The third-order valence-electron chi connectivity index (χ3n) is 11.6. The zero-order valence-corrected chi connectivity index (χ0v) is 26.1. The van der Waals surface area contributed by atoms with E-state index in [1.165, 1.54) is 38.5 Å². The molecule has 0 bridgehead atoms. The first kappa shape index (κ1) is 30.5. The van der Waals surface area contributed by atoms with Crippen molar-refractivity contribution in [1.82, 2.24) is 25.3 Å². The lowest BCUT2D eigenvalue weighted by Crippen LogP contribution is -2.74. The summed E-state index contributed by atoms with van der Waals surface area (Å²) in [7, 11) is 6.27. The van der Waals surface area contributed by atoms with Gasteiger partial charge in [-0.1, -0.05) is 19.3 Å². The number of nitrogens with zero attached hydrogens (tertiary/aromatic N) is 3. The number of ether oxygens (including phenoxy) is 1. The molecule has 3 aliphatic carbocycles. The van der Waals surface area contributed by atoms with Gasteiger partial charge in [0.1, 0.15) is 6.17 Å². The van der Waals surface area contributed by atoms with Gasteiger partial charge in [-0.05, 0) is 110 Å². The van der Waals surface area contributed by atoms with Crippen LogP contribution in [0.4, 0.5) is 4.39 Å². The second-order valence-corrected chi connectivity index (χ2v) is 14.4. The summed E-state index contributed by atoms with van der Waals surface area (Å²) in [6.07, 6.45) is 12.9. The van der Waals surface area contributed by atoms with Crippen LogP contribution in [0.1, 0.15) is 77.0 Å². The molecule has 3 aliphatic heterocycles. The van der Waals surface area contributed by atoms with Crippen LogP contribution in [0.3, 0.4) is 0 Å². The molecule has 0 aromatic carbocycles. The van der Waals surface area contributed by atoms with Crippen LogP contribution in [0.15, 0.2) is 11.8 Å². The predicted molar refractivity (Wildman–Crippen MR) is 162 cm³/mol. The molecule has 8 nitrogen and oxygen atoms in total. The molecule has 1 amide bonds. The number of unbranched alkanes of at least 4 members (excludes halogenated alkanes) is 1. The lowest BCUT2D eigenvalue weighted by Gasteiger charge is -2.61. The number of Topliss-reactive ketones (excluding diaryl/α,β-unsaturated/α-hetero) is 1. The lowest BCUT2D eigenvalue weighted by molar-refractivity contribution is -0.220. The highest BCUT2D eigenvalue weighted by molar-refractivity contribution is 6.20. The van der Waals surface area contributed by atoms with Crippen molar-refractivity contribution in [2.75, 3.05) is 47.3 Å². The Morgan fingerprint density at radius 2 is 1.90 bits per heavy atom. The average Bonchev–Trinajstić information content (AvgIpc) is 3.39. The Bertz CT molecular complexity index is 1010. The molecule has 236 valence electrons. The minimum Gasteiger partial charge on any atom is -0.369 e. The Hall–Kier alpha value is -1.55. The second kappa shape index (κ2) is 13.2. The maximum atomic E-state index is 16.1. The SMILES string of the molecule is CN(C)CCCCNC(=O)C1=CN2C3CCC4CCCCC4C3OC3C(NCCC4CCCN4C)C(F)CC(C1=O)C32. The fraction of sp³-hybridized carbons (Fsp3) is 0.879. The van der Waals surface area contributed by atoms with E-state index in [0.717, 1.165) is 51.7 Å². The Labute approximate surface area is 252 Å². The molecule has 10 atom stereocenters. The second-order valence-electron chi connectivity index (χ2n) is 14.4. The van der Waals surface area contributed by atoms with Gasteiger partial charge in [0.25, 0.3) is 5.91 Å². The number of ketones is 1. The molecule has 3 saturated carbocycles. The summed E-state index contributed by atoms with van der Waals surface area (Å²) < 4.78 is 23.2. The van der Waals surface area contributed by atoms with E-state index in [2.05, 4.69) is 32.4 Å². The van der Waals surface area contributed by atoms with Crippen LogP contribution in [0.2, 0.25) is 0 Å². The zero-order chi connectivity index (χ0) is 29.4. The van der Waals surface area contributed by atoms with E-state index >= 15 is 4.39 Å². The van der Waals surface area contributed by atoms with E-state index in [9.17, 15) is 9.59 Å². The number of amides is 1. The summed E-state index contributed by atoms with van der Waals surface area (Å²) in [6.45, 7) is 3.39. The van der Waals surface area contributed by atoms with Crippen molar-refractivity contribution in [3.05, 3.63) is 11.8 Å². The number of rotatable bonds is 10. The molecule has 0 aromatic heterocycles. The third-order valence-corrected chi connectivity index (χ3v) is 11.6. The first-order chi connectivity index (χ1) is 20.3. The quantitative estimate of drug-likeness (QED) is 0.301. The number of hydrogen-bond acceptors (Lipinski definition) is 7. The van der Waals surface area contributed by atoms with Crippen LogP contribution >= 0.6 is 0 Å². The van der Waals surface area contributed by atoms with Crippen LogP contribution in [0.25, 0.3) is 0 Å². The first-order valence-corrected chi connectivity index (χ1v) is 17.0. The number of halogens is 1. The van der Waals surface area contributed by atoms with E-state index in [-0.39, 0.29) is 41.9 Å². The molecule has 42 heavy (non-hydrogen) atoms. The van der Waals surface area contributed by atoms with Gasteiger partial charge in [-0.15, -0.1) is 0 Å². The van der Waals surface area contributed by atoms with E-state index in [1.807, 2.05) is 20.3 Å². The van der Waals surface area contributed by atoms with E-state index in [4.69, 9.17) is 4.74 Å². The highest BCUT2D eigenvalue weighted by atomic mass is 19.1. The molecule has 3 heterocycles. The summed E-state index contributed by atoms with van der Waals surface area (Å²) in [6, 6.07) is 0.0467. The van der Waals surface area contributed by atoms with Crippen LogP contribution in [-0.4, -0.2) is 116 Å². The van der Waals surface area contributed by atoms with Crippen molar-refractivity contribution < 1.29 is 18.7 Å². The molecular formula is C33H54FN5O3. The van der Waals surface area contributed by atoms with Crippen molar-refractivity contribution >= 4 is 11.7 Å². The fourth-order valence-electron chi connectivity index (χ4n) is 9.37. The molecular weight excluding hydrogens is 533 g/mol. The average molecular weight is 588 g/mol. The summed E-state index contributed by atoms with van der Waals surface area (Å²) >= 11 is 0. The minimum atomic E-state index is -1.18. The lowest BCUT2D eigenvalue weighted by atomic mass is 9.64. The van der Waals surface area contributed by atoms with Gasteiger partial charge in [-0.25, -0.2) is 4.39 Å². The molecule has 6 aliphatic rings. The molecule has 0 spiro atoms. The number of carbonyl (C=O) groups excluding carboxylic acids is 2. The first-order valence-electron chi connectivity index (χ1n) is 17.0. The highest BCUT2D eigenvalue weighted by Crippen LogP contribution is 2.50. The van der Waals surface area contributed by atoms with Crippen molar-refractivity contribution in [2.45, 2.75) is 120 Å². The van der Waals surface area contributed by atoms with Gasteiger partial charge in [0.2, 0.25) is 0 Å². The van der Waals surface area contributed by atoms with Gasteiger partial charge in [0.15, 0.2) is 5.78 Å². The van der Waals surface area contributed by atoms with Gasteiger partial charge in [0.05, 0.1) is 35.9 Å². The summed E-state index contributed by atoms with van der Waals surface area (Å²) in [5.74, 6) is 0.0969. The monoisotopic (exact) mass is 587 g/mol. The molecule has 5 fully saturated rings. The van der Waals surface area contributed by atoms with Crippen LogP contribution < -0.4 is 10.6 Å². The van der Waals surface area contributed by atoms with E-state index < -0.39 is 24.2 Å². The molecule has 2 saturated heterocycles. The number of likely N-dealkylation sites (tertiary alicyclic amines) is 1. The molecule has 0 radical (unpaired) electrons. The molecule has 2 N–H and O–H groups in total. The number of carbonyl (C=O) groups is 2. The van der Waals surface area contributed by atoms with Gasteiger partial charge < -0.3 is 30.1 Å². The molecule has 0 aromatic rings. The van der Waals surface area contributed by atoms with Gasteiger partial charge >= 0.3 is 0 Å². The van der Waals surface area contributed by atoms with Crippen molar-refractivity contribution in [2.24, 2.45) is 17.8 Å². The van der Waals surface area contributed by atoms with Crippen molar-refractivity contribution in [1.29, 1.82) is 0 Å². The smallest absolute Gasteiger partial charge is 0.256 e. The number of fused-ring (bicyclic) bond motifs is 4. The van der Waals surface area contributed by atoms with Gasteiger partial charge in [-0.3, -0.25) is 9.59 Å². The minimum absolute atomic E-state index is 0.0290. The fourth-order valence-corrected chi connectivity index (χ4v) is 9.37. The standard InChI is InChI=1S/C33H54FN5O3/c1-37(2)17-7-6-15-36-33(41)25-20-39-27-13-12-21-9-4-5-11-23(21)31(27)42-32-28(26(34)19-24(29(32)39)30(25)40)35-16-14-22-10-8-18-38(22)3/h20-24,26-29,31-32,35H,4-19H2,1-3H3,(H,36,41). The molecule has 6 rings (SSSR count). The van der Waals surface area contributed by atoms with Crippen molar-refractivity contribution in [3.63, 3.8) is 0 Å². The largest absolute Gasteiger partial charge is 0.369 e. The van der Waals surface area contributed by atoms with E-state index in [0.29, 0.717) is 24.4 Å². The topological polar surface area (TPSA) is 77.2 Å². The highest BCUT2D eigenvalue weighted by Gasteiger charge is 2.60. The Morgan fingerprint density at radius 3 is 2.69 bits per heavy atom. The van der Waals surface area contributed by atoms with Crippen LogP contribution in [0.5, 0.6) is 0 Å². The summed E-state index contributed by atoms with van der Waals surface area (Å²) in [4.78, 5) is 34.1. The van der Waals surface area contributed by atoms with Crippen LogP contribution in [-0.2, 0) is 14.3 Å². The Morgan fingerprint density at radius 1 is 1.07 bits per heavy atom. The van der Waals surface area contributed by atoms with Gasteiger partial charge in [0, 0.05) is 24.7 Å². The van der Waals surface area contributed by atoms with Crippen LogP contribution in [0, 0.1) is 17.8 Å². The number of alkyl halides is 1. The molecule has 9 heteroatoms. The summed E-state index contributed by atoms with van der Waals surface area (Å²) in [5.41, 5.74) is 0.219. The summed E-state index contributed by atoms with van der Waals surface area (Å²) in [5, 5.41) is 6.61. The van der Waals surface area contributed by atoms with Crippen molar-refractivity contribution in [3.8, 4) is 0 Å². The predicted octanol–water partition coefficient (Wildman–Crippen LogP) is 3.12. The number of nitrogens with one attached hydrogen (secondary N) is 2. The Kier molecular flexibility index (Phi) is 9.58. The van der Waals surface area contributed by atoms with Gasteiger partial charge in [-0.2, -0.15) is 0 Å². The zero-order valence-electron chi connectivity index (χ0n) is 26.1. The maximum absolute atomic E-state index is 16.1. The third kappa shape index (κ3) is 6.04. The number of morpholine rings is 1. The number of hydrogen-bond donors (Lipinski definition) is 2. The van der Waals surface area contributed by atoms with E-state index in [1.54, 1.807) is 0 Å². The Balaban J connectivity index is 1.23. The normalized spacial score (nSPS) is 39.9.